The van der Waals surface area contributed by atoms with Crippen LogP contribution in [0, 0.1) is 0 Å². The molecular formula is C31H33NO6. The van der Waals surface area contributed by atoms with Crippen molar-refractivity contribution in [1.29, 1.82) is 0 Å². The number of hydrogen-bond acceptors (Lipinski definition) is 6. The first kappa shape index (κ1) is 25.7. The second-order valence-corrected chi connectivity index (χ2v) is 9.60. The predicted molar refractivity (Wildman–Crippen MR) is 148 cm³/mol. The van der Waals surface area contributed by atoms with Crippen molar-refractivity contribution in [3.8, 4) is 23.0 Å². The van der Waals surface area contributed by atoms with Crippen molar-refractivity contribution in [2.75, 3.05) is 35.0 Å². The SMILES string of the molecule is COc1cc2c3c(c4cc(OC)c(OC)cc4c2cc1OC)CN1CCCC1C3.O=C(O)c1ccccc1. The molecule has 4 aromatic carbocycles. The summed E-state index contributed by atoms with van der Waals surface area (Å²) in [6, 6.07) is 17.4. The van der Waals surface area contributed by atoms with E-state index in [0.29, 0.717) is 11.6 Å². The summed E-state index contributed by atoms with van der Waals surface area (Å²) in [6.07, 6.45) is 3.63. The number of carboxylic acids is 1. The molecule has 1 fully saturated rings. The minimum atomic E-state index is -0.879. The highest BCUT2D eigenvalue weighted by atomic mass is 16.5. The summed E-state index contributed by atoms with van der Waals surface area (Å²) in [6.45, 7) is 2.17. The molecule has 1 atom stereocenters. The summed E-state index contributed by atoms with van der Waals surface area (Å²) in [5, 5.41) is 13.2. The quantitative estimate of drug-likeness (QED) is 0.330. The highest BCUT2D eigenvalue weighted by Gasteiger charge is 2.33. The Morgan fingerprint density at radius 3 is 1.74 bits per heavy atom. The van der Waals surface area contributed by atoms with Gasteiger partial charge >= 0.3 is 5.97 Å². The van der Waals surface area contributed by atoms with Gasteiger partial charge in [0, 0.05) is 12.6 Å². The number of benzene rings is 4. The van der Waals surface area contributed by atoms with Gasteiger partial charge in [-0.2, -0.15) is 0 Å². The van der Waals surface area contributed by atoms with Gasteiger partial charge in [0.25, 0.3) is 0 Å². The number of ether oxygens (including phenoxy) is 4. The number of rotatable bonds is 5. The van der Waals surface area contributed by atoms with Gasteiger partial charge in [-0.1, -0.05) is 18.2 Å². The van der Waals surface area contributed by atoms with Crippen molar-refractivity contribution < 1.29 is 28.8 Å². The van der Waals surface area contributed by atoms with Gasteiger partial charge in [0.1, 0.15) is 0 Å². The Morgan fingerprint density at radius 2 is 1.26 bits per heavy atom. The van der Waals surface area contributed by atoms with E-state index in [1.54, 1.807) is 58.8 Å². The topological polar surface area (TPSA) is 77.5 Å². The molecule has 2 heterocycles. The highest BCUT2D eigenvalue weighted by Crippen LogP contribution is 2.46. The van der Waals surface area contributed by atoms with E-state index in [9.17, 15) is 4.79 Å². The molecule has 7 heteroatoms. The highest BCUT2D eigenvalue weighted by molar-refractivity contribution is 6.13. The van der Waals surface area contributed by atoms with E-state index in [-0.39, 0.29) is 0 Å². The van der Waals surface area contributed by atoms with Gasteiger partial charge in [-0.05, 0) is 94.9 Å². The van der Waals surface area contributed by atoms with Crippen LogP contribution in [-0.2, 0) is 13.0 Å². The fourth-order valence-corrected chi connectivity index (χ4v) is 5.80. The van der Waals surface area contributed by atoms with Gasteiger partial charge in [0.05, 0.1) is 34.0 Å². The number of methoxy groups -OCH3 is 4. The van der Waals surface area contributed by atoms with Crippen LogP contribution in [0.5, 0.6) is 23.0 Å². The van der Waals surface area contributed by atoms with Crippen LogP contribution in [0.4, 0.5) is 0 Å². The summed E-state index contributed by atoms with van der Waals surface area (Å²) >= 11 is 0. The molecule has 0 saturated carbocycles. The van der Waals surface area contributed by atoms with Crippen LogP contribution in [0.1, 0.15) is 34.3 Å². The number of carbonyl (C=O) groups is 1. The van der Waals surface area contributed by atoms with E-state index in [4.69, 9.17) is 24.1 Å². The van der Waals surface area contributed by atoms with Gasteiger partial charge in [-0.15, -0.1) is 0 Å². The zero-order valence-corrected chi connectivity index (χ0v) is 22.2. The lowest BCUT2D eigenvalue weighted by Crippen LogP contribution is -2.35. The van der Waals surface area contributed by atoms with E-state index < -0.39 is 5.97 Å². The summed E-state index contributed by atoms with van der Waals surface area (Å²) < 4.78 is 22.5. The van der Waals surface area contributed by atoms with Crippen LogP contribution in [-0.4, -0.2) is 57.0 Å². The molecule has 2 aliphatic rings. The Balaban J connectivity index is 0.000000278. The molecule has 0 amide bonds. The van der Waals surface area contributed by atoms with Crippen molar-refractivity contribution >= 4 is 27.5 Å². The minimum absolute atomic E-state index is 0.331. The number of hydrogen-bond donors (Lipinski definition) is 1. The molecule has 0 aliphatic carbocycles. The smallest absolute Gasteiger partial charge is 0.335 e. The number of carboxylic acid groups (broad SMARTS) is 1. The van der Waals surface area contributed by atoms with Crippen molar-refractivity contribution in [2.24, 2.45) is 0 Å². The van der Waals surface area contributed by atoms with Crippen molar-refractivity contribution in [3.05, 3.63) is 71.3 Å². The van der Waals surface area contributed by atoms with E-state index in [1.165, 1.54) is 46.7 Å². The Kier molecular flexibility index (Phi) is 7.29. The van der Waals surface area contributed by atoms with Crippen LogP contribution in [0.3, 0.4) is 0 Å². The molecular weight excluding hydrogens is 482 g/mol. The van der Waals surface area contributed by atoms with Gasteiger partial charge in [-0.3, -0.25) is 4.90 Å². The van der Waals surface area contributed by atoms with Crippen LogP contribution in [0.2, 0.25) is 0 Å². The van der Waals surface area contributed by atoms with Gasteiger partial charge in [0.2, 0.25) is 0 Å². The summed E-state index contributed by atoms with van der Waals surface area (Å²) in [5.74, 6) is 2.15. The summed E-state index contributed by atoms with van der Waals surface area (Å²) in [5.41, 5.74) is 3.17. The molecule has 198 valence electrons. The molecule has 6 rings (SSSR count). The van der Waals surface area contributed by atoms with Crippen LogP contribution < -0.4 is 18.9 Å². The van der Waals surface area contributed by atoms with Crippen molar-refractivity contribution in [1.82, 2.24) is 4.90 Å². The molecule has 0 spiro atoms. The summed E-state index contributed by atoms with van der Waals surface area (Å²) in [7, 11) is 6.76. The fourth-order valence-electron chi connectivity index (χ4n) is 5.80. The molecule has 0 aromatic heterocycles. The molecule has 1 unspecified atom stereocenters. The van der Waals surface area contributed by atoms with Crippen LogP contribution >= 0.6 is 0 Å². The Bertz CT molecular complexity index is 1400. The molecule has 4 aromatic rings. The molecule has 7 nitrogen and oxygen atoms in total. The Labute approximate surface area is 222 Å². The normalized spacial score (nSPS) is 16.3. The number of fused-ring (bicyclic) bond motifs is 7. The van der Waals surface area contributed by atoms with Crippen LogP contribution in [0.15, 0.2) is 54.6 Å². The maximum atomic E-state index is 10.2. The fraction of sp³-hybridized carbons (Fsp3) is 0.323. The van der Waals surface area contributed by atoms with E-state index >= 15 is 0 Å². The largest absolute Gasteiger partial charge is 0.493 e. The zero-order chi connectivity index (χ0) is 26.8. The van der Waals surface area contributed by atoms with E-state index in [2.05, 4.69) is 29.2 Å². The van der Waals surface area contributed by atoms with Gasteiger partial charge in [0.15, 0.2) is 23.0 Å². The lowest BCUT2D eigenvalue weighted by Gasteiger charge is -2.33. The minimum Gasteiger partial charge on any atom is -0.493 e. The predicted octanol–water partition coefficient (Wildman–Crippen LogP) is 5.93. The second-order valence-electron chi connectivity index (χ2n) is 9.60. The molecule has 1 saturated heterocycles. The standard InChI is InChI=1S/C24H27NO4.C7H6O2/c1-26-21-9-16-15-8-14-6-5-7-25(14)13-20(15)19-12-24(29-4)23(28-3)11-18(19)17(16)10-22(21)27-2;8-7(9)6-4-2-1-3-5-6/h9-12,14H,5-8,13H2,1-4H3;1-5H,(H,8,9). The van der Waals surface area contributed by atoms with E-state index in [1.807, 2.05) is 0 Å². The monoisotopic (exact) mass is 515 g/mol. The molecule has 0 radical (unpaired) electrons. The van der Waals surface area contributed by atoms with E-state index in [0.717, 1.165) is 41.3 Å². The maximum Gasteiger partial charge on any atom is 0.335 e. The average molecular weight is 516 g/mol. The molecule has 1 N–H and O–H groups in total. The van der Waals surface area contributed by atoms with Crippen molar-refractivity contribution in [3.63, 3.8) is 0 Å². The third kappa shape index (κ3) is 4.58. The Morgan fingerprint density at radius 1 is 0.763 bits per heavy atom. The van der Waals surface area contributed by atoms with Gasteiger partial charge < -0.3 is 24.1 Å². The second kappa shape index (κ2) is 10.8. The van der Waals surface area contributed by atoms with Crippen LogP contribution in [0.25, 0.3) is 21.5 Å². The first-order valence-corrected chi connectivity index (χ1v) is 12.8. The molecule has 38 heavy (non-hydrogen) atoms. The number of nitrogens with zero attached hydrogens (tertiary/aromatic N) is 1. The first-order chi connectivity index (χ1) is 18.5. The number of aromatic carboxylic acids is 1. The first-order valence-electron chi connectivity index (χ1n) is 12.8. The lowest BCUT2D eigenvalue weighted by molar-refractivity contribution is 0.0697. The zero-order valence-electron chi connectivity index (χ0n) is 22.2. The summed E-state index contributed by atoms with van der Waals surface area (Å²) in [4.78, 5) is 12.8. The average Bonchev–Trinajstić information content (AvgIpc) is 3.43. The maximum absolute atomic E-state index is 10.2. The third-order valence-corrected chi connectivity index (χ3v) is 7.67. The third-order valence-electron chi connectivity index (χ3n) is 7.67. The molecule has 0 bridgehead atoms. The van der Waals surface area contributed by atoms with Crippen molar-refractivity contribution in [2.45, 2.75) is 31.8 Å². The Hall–Kier alpha value is -3.97. The molecule has 2 aliphatic heterocycles. The lowest BCUT2D eigenvalue weighted by atomic mass is 9.85. The van der Waals surface area contributed by atoms with Gasteiger partial charge in [-0.25, -0.2) is 4.79 Å².